The van der Waals surface area contributed by atoms with Gasteiger partial charge in [0.2, 0.25) is 5.91 Å². The third-order valence-corrected chi connectivity index (χ3v) is 5.18. The molecule has 1 saturated heterocycles. The van der Waals surface area contributed by atoms with Crippen LogP contribution >= 0.6 is 15.9 Å². The Morgan fingerprint density at radius 3 is 2.28 bits per heavy atom. The molecule has 4 atom stereocenters. The molecule has 1 heterocycles. The first-order chi connectivity index (χ1) is 12.0. The second-order valence-electron chi connectivity index (χ2n) is 5.92. The summed E-state index contributed by atoms with van der Waals surface area (Å²) in [4.78, 5) is 25.2. The maximum atomic E-state index is 12.8. The van der Waals surface area contributed by atoms with Crippen molar-refractivity contribution in [2.75, 3.05) is 0 Å². The predicted molar refractivity (Wildman–Crippen MR) is 96.1 cm³/mol. The zero-order valence-corrected chi connectivity index (χ0v) is 15.2. The number of imide groups is 1. The average Bonchev–Trinajstić information content (AvgIpc) is 2.95. The van der Waals surface area contributed by atoms with E-state index < -0.39 is 35.1 Å². The van der Waals surface area contributed by atoms with Gasteiger partial charge in [0.25, 0.3) is 0 Å². The van der Waals surface area contributed by atoms with Crippen molar-refractivity contribution in [3.63, 3.8) is 0 Å². The predicted octanol–water partition coefficient (Wildman–Crippen LogP) is 3.59. The number of nitrogens with zero attached hydrogens (tertiary/aromatic N) is 1. The van der Waals surface area contributed by atoms with E-state index in [0.29, 0.717) is 5.56 Å². The Hall–Kier alpha value is -2.18. The molecule has 0 unspecified atom stereocenters. The fourth-order valence-corrected chi connectivity index (χ4v) is 3.46. The van der Waals surface area contributed by atoms with Gasteiger partial charge in [0, 0.05) is 0 Å². The molecule has 5 nitrogen and oxygen atoms in total. The van der Waals surface area contributed by atoms with Gasteiger partial charge in [-0.05, 0) is 18.1 Å². The molecule has 25 heavy (non-hydrogen) atoms. The van der Waals surface area contributed by atoms with Crippen LogP contribution in [-0.4, -0.2) is 32.9 Å². The van der Waals surface area contributed by atoms with Gasteiger partial charge >= 0.3 is 6.09 Å². The Labute approximate surface area is 154 Å². The first-order valence-corrected chi connectivity index (χ1v) is 8.88. The van der Waals surface area contributed by atoms with E-state index in [1.807, 2.05) is 36.4 Å². The van der Waals surface area contributed by atoms with Crippen molar-refractivity contribution in [3.05, 3.63) is 71.8 Å². The summed E-state index contributed by atoms with van der Waals surface area (Å²) in [5.41, 5.74) is 1.42. The Balaban J connectivity index is 1.78. The SMILES string of the molecule is C[C@H]1[C@@H](c2ccccc2)OC(=O)N1C(=O)[C@@H](Br)[C@H](O)c1ccccc1. The van der Waals surface area contributed by atoms with Crippen molar-refractivity contribution < 1.29 is 19.4 Å². The summed E-state index contributed by atoms with van der Waals surface area (Å²) >= 11 is 3.24. The second kappa shape index (κ2) is 7.37. The number of cyclic esters (lactones) is 1. The number of alkyl halides is 1. The van der Waals surface area contributed by atoms with Crippen molar-refractivity contribution in [2.45, 2.75) is 30.0 Å². The molecule has 0 saturated carbocycles. The first-order valence-electron chi connectivity index (χ1n) is 7.96. The van der Waals surface area contributed by atoms with Crippen LogP contribution in [0, 0.1) is 0 Å². The van der Waals surface area contributed by atoms with Crippen LogP contribution in [-0.2, 0) is 9.53 Å². The number of carbonyl (C=O) groups excluding carboxylic acids is 2. The van der Waals surface area contributed by atoms with Crippen LogP contribution in [0.4, 0.5) is 4.79 Å². The summed E-state index contributed by atoms with van der Waals surface area (Å²) in [6.45, 7) is 1.76. The minimum absolute atomic E-state index is 0.467. The molecule has 0 radical (unpaired) electrons. The zero-order chi connectivity index (χ0) is 18.0. The van der Waals surface area contributed by atoms with Gasteiger partial charge in [0.15, 0.2) is 0 Å². The van der Waals surface area contributed by atoms with Gasteiger partial charge in [-0.15, -0.1) is 0 Å². The molecule has 1 fully saturated rings. The van der Waals surface area contributed by atoms with Gasteiger partial charge in [-0.2, -0.15) is 0 Å². The van der Waals surface area contributed by atoms with Crippen LogP contribution in [0.5, 0.6) is 0 Å². The average molecular weight is 404 g/mol. The quantitative estimate of drug-likeness (QED) is 0.791. The number of ether oxygens (including phenoxy) is 1. The number of benzene rings is 2. The number of hydrogen-bond donors (Lipinski definition) is 1. The van der Waals surface area contributed by atoms with Crippen LogP contribution in [0.3, 0.4) is 0 Å². The standard InChI is InChI=1S/C19H18BrNO4/c1-12-17(14-10-6-3-7-11-14)25-19(24)21(12)18(23)15(20)16(22)13-8-4-2-5-9-13/h2-12,15-17,22H,1H3/t12-,15-,16+,17-/m0/s1. The van der Waals surface area contributed by atoms with E-state index in [2.05, 4.69) is 15.9 Å². The van der Waals surface area contributed by atoms with Crippen LogP contribution < -0.4 is 0 Å². The lowest BCUT2D eigenvalue weighted by Gasteiger charge is -2.24. The van der Waals surface area contributed by atoms with E-state index in [1.54, 1.807) is 31.2 Å². The van der Waals surface area contributed by atoms with Gasteiger partial charge in [-0.25, -0.2) is 9.69 Å². The molecule has 1 aliphatic rings. The lowest BCUT2D eigenvalue weighted by Crippen LogP contribution is -2.43. The third-order valence-electron chi connectivity index (χ3n) is 4.29. The normalized spacial score (nSPS) is 22.4. The minimum Gasteiger partial charge on any atom is -0.439 e. The molecule has 1 N–H and O–H groups in total. The maximum Gasteiger partial charge on any atom is 0.417 e. The molecular formula is C19H18BrNO4. The number of hydrogen-bond acceptors (Lipinski definition) is 4. The molecule has 130 valence electrons. The van der Waals surface area contributed by atoms with E-state index in [4.69, 9.17) is 4.74 Å². The van der Waals surface area contributed by atoms with E-state index >= 15 is 0 Å². The molecule has 2 aromatic carbocycles. The molecule has 3 rings (SSSR count). The largest absolute Gasteiger partial charge is 0.439 e. The molecule has 6 heteroatoms. The molecule has 0 bridgehead atoms. The van der Waals surface area contributed by atoms with E-state index in [1.165, 1.54) is 0 Å². The van der Waals surface area contributed by atoms with Crippen molar-refractivity contribution in [1.29, 1.82) is 0 Å². The van der Waals surface area contributed by atoms with E-state index in [-0.39, 0.29) is 0 Å². The fraction of sp³-hybridized carbons (Fsp3) is 0.263. The lowest BCUT2D eigenvalue weighted by molar-refractivity contribution is -0.130. The van der Waals surface area contributed by atoms with Gasteiger partial charge in [-0.1, -0.05) is 76.6 Å². The molecule has 0 aliphatic carbocycles. The first kappa shape index (κ1) is 17.6. The zero-order valence-electron chi connectivity index (χ0n) is 13.6. The van der Waals surface area contributed by atoms with Crippen LogP contribution in [0.15, 0.2) is 60.7 Å². The highest BCUT2D eigenvalue weighted by molar-refractivity contribution is 9.10. The smallest absolute Gasteiger partial charge is 0.417 e. The highest BCUT2D eigenvalue weighted by Gasteiger charge is 2.46. The maximum absolute atomic E-state index is 12.8. The van der Waals surface area contributed by atoms with Crippen LogP contribution in [0.1, 0.15) is 30.3 Å². The van der Waals surface area contributed by atoms with Gasteiger partial charge < -0.3 is 9.84 Å². The lowest BCUT2D eigenvalue weighted by atomic mass is 10.0. The van der Waals surface area contributed by atoms with Crippen molar-refractivity contribution >= 4 is 27.9 Å². The van der Waals surface area contributed by atoms with E-state index in [9.17, 15) is 14.7 Å². The number of amides is 2. The van der Waals surface area contributed by atoms with Gasteiger partial charge in [-0.3, -0.25) is 4.79 Å². The highest BCUT2D eigenvalue weighted by atomic mass is 79.9. The molecule has 1 aliphatic heterocycles. The number of carbonyl (C=O) groups is 2. The van der Waals surface area contributed by atoms with Crippen molar-refractivity contribution in [2.24, 2.45) is 0 Å². The Kier molecular flexibility index (Phi) is 5.20. The summed E-state index contributed by atoms with van der Waals surface area (Å²) in [7, 11) is 0. The number of rotatable bonds is 4. The molecule has 2 aromatic rings. The molecule has 0 spiro atoms. The Bertz CT molecular complexity index is 753. The van der Waals surface area contributed by atoms with Crippen molar-refractivity contribution in [3.8, 4) is 0 Å². The number of halogens is 1. The van der Waals surface area contributed by atoms with Gasteiger partial charge in [0.1, 0.15) is 17.0 Å². The number of aliphatic hydroxyl groups is 1. The summed E-state index contributed by atoms with van der Waals surface area (Å²) in [5.74, 6) is -0.521. The second-order valence-corrected chi connectivity index (χ2v) is 6.91. The molecular weight excluding hydrogens is 386 g/mol. The summed E-state index contributed by atoms with van der Waals surface area (Å²) < 4.78 is 5.39. The monoisotopic (exact) mass is 403 g/mol. The highest BCUT2D eigenvalue weighted by Crippen LogP contribution is 2.35. The van der Waals surface area contributed by atoms with E-state index in [0.717, 1.165) is 10.5 Å². The number of aliphatic hydroxyl groups excluding tert-OH is 1. The third kappa shape index (κ3) is 3.45. The summed E-state index contributed by atoms with van der Waals surface area (Å²) in [5, 5.41) is 10.4. The minimum atomic E-state index is -1.07. The molecule has 2 amide bonds. The summed E-state index contributed by atoms with van der Waals surface area (Å²) in [6, 6.07) is 17.7. The van der Waals surface area contributed by atoms with Gasteiger partial charge in [0.05, 0.1) is 6.04 Å². The summed E-state index contributed by atoms with van der Waals surface area (Å²) in [6.07, 6.45) is -2.29. The Morgan fingerprint density at radius 1 is 1.12 bits per heavy atom. The van der Waals surface area contributed by atoms with Crippen LogP contribution in [0.2, 0.25) is 0 Å². The fourth-order valence-electron chi connectivity index (χ4n) is 2.93. The molecule has 0 aromatic heterocycles. The topological polar surface area (TPSA) is 66.8 Å². The van der Waals surface area contributed by atoms with Crippen molar-refractivity contribution in [1.82, 2.24) is 4.90 Å². The van der Waals surface area contributed by atoms with Crippen LogP contribution in [0.25, 0.3) is 0 Å². The Morgan fingerprint density at radius 2 is 1.68 bits per heavy atom.